The molecular formula is C33H42F4N8O3. The topological polar surface area (TPSA) is 106 Å². The molecule has 11 nitrogen and oxygen atoms in total. The van der Waals surface area contributed by atoms with Gasteiger partial charge in [0.05, 0.1) is 36.4 Å². The standard InChI is InChI=1S/C33H42F4N8O3/c1-20-16-45(17-21(2)42(20)3)29-12-27(34)24(10-28(29)41-31(47)25-15-38-30(46)11-26(25)33(35,36)37)23-4-5-44(19-23)32-39-13-22(14-40-32)18-43-6-8-48-9-7-43/h4,10,12-14,20-21,25-26H,5-9,11,15-19H2,1-3H3,(H,38,46)(H,41,47)/t20-,21+,25?,26?. The molecule has 3 saturated heterocycles. The van der Waals surface area contributed by atoms with Gasteiger partial charge in [-0.1, -0.05) is 6.08 Å². The number of nitrogens with zero attached hydrogens (tertiary/aromatic N) is 6. The number of piperazine rings is 1. The first kappa shape index (κ1) is 34.1. The van der Waals surface area contributed by atoms with Gasteiger partial charge in [0.25, 0.3) is 0 Å². The molecule has 15 heteroatoms. The van der Waals surface area contributed by atoms with Crippen molar-refractivity contribution in [2.75, 3.05) is 81.2 Å². The van der Waals surface area contributed by atoms with Gasteiger partial charge in [-0.3, -0.25) is 19.4 Å². The van der Waals surface area contributed by atoms with E-state index in [4.69, 9.17) is 4.74 Å². The fraction of sp³-hybridized carbons (Fsp3) is 0.576. The number of amides is 2. The van der Waals surface area contributed by atoms with E-state index in [0.29, 0.717) is 56.6 Å². The first-order valence-electron chi connectivity index (χ1n) is 16.4. The van der Waals surface area contributed by atoms with Crippen molar-refractivity contribution in [3.63, 3.8) is 0 Å². The number of aromatic nitrogens is 2. The SMILES string of the molecule is C[C@@H]1CN(c2cc(F)c(C3=CCN(c4ncc(CN5CCOCC5)cn4)C3)cc2NC(=O)C2CNC(=O)CC2C(F)(F)F)C[C@H](C)N1C. The maximum atomic E-state index is 16.0. The lowest BCUT2D eigenvalue weighted by Crippen LogP contribution is -2.55. The Morgan fingerprint density at radius 1 is 1.08 bits per heavy atom. The lowest BCUT2D eigenvalue weighted by molar-refractivity contribution is -0.197. The van der Waals surface area contributed by atoms with Crippen LogP contribution in [0.5, 0.6) is 0 Å². The highest BCUT2D eigenvalue weighted by atomic mass is 19.4. The number of anilines is 3. The summed E-state index contributed by atoms with van der Waals surface area (Å²) in [6.45, 7) is 9.26. The average Bonchev–Trinajstić information content (AvgIpc) is 3.54. The molecule has 0 bridgehead atoms. The zero-order chi connectivity index (χ0) is 34.2. The van der Waals surface area contributed by atoms with Crippen molar-refractivity contribution in [1.82, 2.24) is 25.1 Å². The number of halogens is 4. The molecule has 2 aromatic rings. The third kappa shape index (κ3) is 7.42. The van der Waals surface area contributed by atoms with E-state index >= 15 is 4.39 Å². The Balaban J connectivity index is 1.24. The normalized spacial score (nSPS) is 26.0. The Morgan fingerprint density at radius 2 is 1.77 bits per heavy atom. The van der Waals surface area contributed by atoms with Crippen molar-refractivity contribution < 1.29 is 31.9 Å². The molecule has 2 unspecified atom stereocenters. The van der Waals surface area contributed by atoms with Crippen LogP contribution in [-0.2, 0) is 20.9 Å². The van der Waals surface area contributed by atoms with E-state index < -0.39 is 48.6 Å². The van der Waals surface area contributed by atoms with E-state index in [1.165, 1.54) is 12.1 Å². The smallest absolute Gasteiger partial charge is 0.379 e. The first-order chi connectivity index (χ1) is 22.9. The number of alkyl halides is 3. The minimum atomic E-state index is -4.74. The first-order valence-corrected chi connectivity index (χ1v) is 16.4. The van der Waals surface area contributed by atoms with Crippen LogP contribution in [0.15, 0.2) is 30.6 Å². The summed E-state index contributed by atoms with van der Waals surface area (Å²) in [5.41, 5.74) is 2.48. The summed E-state index contributed by atoms with van der Waals surface area (Å²) in [4.78, 5) is 42.8. The van der Waals surface area contributed by atoms with Gasteiger partial charge >= 0.3 is 6.18 Å². The van der Waals surface area contributed by atoms with Crippen LogP contribution in [0.4, 0.5) is 34.9 Å². The van der Waals surface area contributed by atoms with Gasteiger partial charge in [0.15, 0.2) is 0 Å². The predicted molar refractivity (Wildman–Crippen MR) is 173 cm³/mol. The summed E-state index contributed by atoms with van der Waals surface area (Å²) in [5.74, 6) is -5.28. The lowest BCUT2D eigenvalue weighted by Gasteiger charge is -2.44. The number of nitrogens with one attached hydrogen (secondary N) is 2. The molecule has 6 rings (SSSR count). The number of hydrogen-bond acceptors (Lipinski definition) is 9. The molecule has 0 aliphatic carbocycles. The van der Waals surface area contributed by atoms with Crippen molar-refractivity contribution in [2.45, 2.75) is 45.1 Å². The quantitative estimate of drug-likeness (QED) is 0.429. The van der Waals surface area contributed by atoms with Gasteiger partial charge in [0.1, 0.15) is 5.82 Å². The molecule has 0 radical (unpaired) electrons. The van der Waals surface area contributed by atoms with Crippen molar-refractivity contribution >= 4 is 34.7 Å². The number of carbonyl (C=O) groups is 2. The Hall–Kier alpha value is -3.82. The van der Waals surface area contributed by atoms with E-state index in [1.54, 1.807) is 12.4 Å². The van der Waals surface area contributed by atoms with E-state index in [9.17, 15) is 22.8 Å². The van der Waals surface area contributed by atoms with E-state index in [0.717, 1.165) is 25.2 Å². The van der Waals surface area contributed by atoms with Crippen LogP contribution in [0.2, 0.25) is 0 Å². The molecule has 260 valence electrons. The Kier molecular flexibility index (Phi) is 9.91. The van der Waals surface area contributed by atoms with Crippen molar-refractivity contribution in [3.8, 4) is 0 Å². The van der Waals surface area contributed by atoms with Gasteiger partial charge in [-0.05, 0) is 38.6 Å². The Morgan fingerprint density at radius 3 is 2.44 bits per heavy atom. The highest BCUT2D eigenvalue weighted by Gasteiger charge is 2.50. The third-order valence-corrected chi connectivity index (χ3v) is 9.96. The molecule has 1 aromatic heterocycles. The highest BCUT2D eigenvalue weighted by molar-refractivity contribution is 5.98. The summed E-state index contributed by atoms with van der Waals surface area (Å²) < 4.78 is 63.2. The maximum absolute atomic E-state index is 16.0. The molecule has 2 amide bonds. The summed E-state index contributed by atoms with van der Waals surface area (Å²) in [7, 11) is 2.01. The van der Waals surface area contributed by atoms with E-state index in [2.05, 4.69) is 30.4 Å². The van der Waals surface area contributed by atoms with Crippen LogP contribution >= 0.6 is 0 Å². The van der Waals surface area contributed by atoms with Crippen LogP contribution < -0.4 is 20.4 Å². The van der Waals surface area contributed by atoms with E-state index in [1.807, 2.05) is 36.8 Å². The number of carbonyl (C=O) groups excluding carboxylic acids is 2. The van der Waals surface area contributed by atoms with Crippen molar-refractivity contribution in [1.29, 1.82) is 0 Å². The van der Waals surface area contributed by atoms with Crippen LogP contribution in [-0.4, -0.2) is 116 Å². The maximum Gasteiger partial charge on any atom is 0.393 e. The van der Waals surface area contributed by atoms with Gasteiger partial charge in [-0.25, -0.2) is 14.4 Å². The number of hydrogen-bond donors (Lipinski definition) is 2. The molecule has 3 fully saturated rings. The molecule has 2 N–H and O–H groups in total. The van der Waals surface area contributed by atoms with Crippen LogP contribution in [0, 0.1) is 17.7 Å². The summed E-state index contributed by atoms with van der Waals surface area (Å²) in [5, 5.41) is 5.11. The van der Waals surface area contributed by atoms with Crippen LogP contribution in [0.25, 0.3) is 5.57 Å². The molecule has 4 aliphatic heterocycles. The fourth-order valence-corrected chi connectivity index (χ4v) is 6.91. The molecule has 48 heavy (non-hydrogen) atoms. The largest absolute Gasteiger partial charge is 0.393 e. The molecule has 4 atom stereocenters. The van der Waals surface area contributed by atoms with Crippen molar-refractivity contribution in [3.05, 3.63) is 47.5 Å². The fourth-order valence-electron chi connectivity index (χ4n) is 6.91. The Labute approximate surface area is 277 Å². The molecule has 1 aromatic carbocycles. The number of morpholine rings is 1. The number of likely N-dealkylation sites (N-methyl/N-ethyl adjacent to an activating group) is 1. The Bertz CT molecular complexity index is 1520. The third-order valence-electron chi connectivity index (χ3n) is 9.96. The summed E-state index contributed by atoms with van der Waals surface area (Å²) in [6, 6.07) is 3.09. The second kappa shape index (κ2) is 14.0. The summed E-state index contributed by atoms with van der Waals surface area (Å²) >= 11 is 0. The van der Waals surface area contributed by atoms with Gasteiger partial charge in [-0.15, -0.1) is 0 Å². The van der Waals surface area contributed by atoms with Gasteiger partial charge in [-0.2, -0.15) is 13.2 Å². The molecule has 0 spiro atoms. The second-order valence-corrected chi connectivity index (χ2v) is 13.3. The minimum Gasteiger partial charge on any atom is -0.379 e. The molecule has 0 saturated carbocycles. The number of benzene rings is 1. The van der Waals surface area contributed by atoms with Gasteiger partial charge in [0.2, 0.25) is 17.8 Å². The second-order valence-electron chi connectivity index (χ2n) is 13.3. The van der Waals surface area contributed by atoms with E-state index in [-0.39, 0.29) is 23.3 Å². The zero-order valence-electron chi connectivity index (χ0n) is 27.4. The minimum absolute atomic E-state index is 0.106. The average molecular weight is 675 g/mol. The highest BCUT2D eigenvalue weighted by Crippen LogP contribution is 2.39. The predicted octanol–water partition coefficient (Wildman–Crippen LogP) is 3.13. The molecular weight excluding hydrogens is 632 g/mol. The molecule has 4 aliphatic rings. The van der Waals surface area contributed by atoms with Crippen molar-refractivity contribution in [2.24, 2.45) is 11.8 Å². The molecule has 5 heterocycles. The monoisotopic (exact) mass is 674 g/mol. The van der Waals surface area contributed by atoms with Crippen LogP contribution in [0.1, 0.15) is 31.4 Å². The van der Waals surface area contributed by atoms with Crippen LogP contribution in [0.3, 0.4) is 0 Å². The zero-order valence-corrected chi connectivity index (χ0v) is 27.4. The number of piperidine rings is 1. The summed E-state index contributed by atoms with van der Waals surface area (Å²) in [6.07, 6.45) is -0.113. The van der Waals surface area contributed by atoms with Gasteiger partial charge < -0.3 is 25.2 Å². The number of rotatable bonds is 7. The lowest BCUT2D eigenvalue weighted by atomic mass is 9.84. The van der Waals surface area contributed by atoms with Gasteiger partial charge in [0, 0.05) is 94.4 Å². The number of ether oxygens (including phenoxy) is 1.